The molecule has 0 bridgehead atoms. The SMILES string of the molecule is CC1CN(c2nnc(Cc3ccccc3F)s2)CCN1CC(F)(F)F. The van der Waals surface area contributed by atoms with Gasteiger partial charge in [0.15, 0.2) is 0 Å². The minimum Gasteiger partial charge on any atom is -0.344 e. The number of rotatable bonds is 4. The molecule has 2 heterocycles. The number of piperazine rings is 1. The van der Waals surface area contributed by atoms with E-state index in [0.717, 1.165) is 0 Å². The Balaban J connectivity index is 1.63. The zero-order chi connectivity index (χ0) is 18.0. The zero-order valence-corrected chi connectivity index (χ0v) is 14.4. The number of anilines is 1. The largest absolute Gasteiger partial charge is 0.401 e. The summed E-state index contributed by atoms with van der Waals surface area (Å²) in [7, 11) is 0. The van der Waals surface area contributed by atoms with E-state index in [-0.39, 0.29) is 11.9 Å². The highest BCUT2D eigenvalue weighted by atomic mass is 32.1. The minimum atomic E-state index is -4.19. The summed E-state index contributed by atoms with van der Waals surface area (Å²) >= 11 is 1.36. The first-order valence-corrected chi connectivity index (χ1v) is 8.75. The maximum absolute atomic E-state index is 13.7. The zero-order valence-electron chi connectivity index (χ0n) is 13.6. The Hall–Kier alpha value is -1.74. The van der Waals surface area contributed by atoms with Crippen molar-refractivity contribution >= 4 is 16.5 Å². The fraction of sp³-hybridized carbons (Fsp3) is 0.500. The van der Waals surface area contributed by atoms with Gasteiger partial charge in [0.25, 0.3) is 0 Å². The predicted octanol–water partition coefficient (Wildman–Crippen LogP) is 3.34. The van der Waals surface area contributed by atoms with Gasteiger partial charge in [-0.2, -0.15) is 13.2 Å². The van der Waals surface area contributed by atoms with Gasteiger partial charge in [-0.3, -0.25) is 4.90 Å². The Morgan fingerprint density at radius 2 is 1.96 bits per heavy atom. The standard InChI is InChI=1S/C16H18F4N4S/c1-11-9-23(6-7-24(11)10-16(18,19)20)15-22-21-14(25-15)8-12-4-2-3-5-13(12)17/h2-5,11H,6-10H2,1H3. The molecule has 1 aliphatic heterocycles. The number of halogens is 4. The minimum absolute atomic E-state index is 0.228. The summed E-state index contributed by atoms with van der Waals surface area (Å²) in [4.78, 5) is 3.37. The third kappa shape index (κ3) is 4.66. The predicted molar refractivity (Wildman–Crippen MR) is 88.4 cm³/mol. The third-order valence-electron chi connectivity index (χ3n) is 4.17. The maximum atomic E-state index is 13.7. The molecule has 0 spiro atoms. The van der Waals surface area contributed by atoms with E-state index in [1.165, 1.54) is 22.3 Å². The van der Waals surface area contributed by atoms with Crippen molar-refractivity contribution < 1.29 is 17.6 Å². The van der Waals surface area contributed by atoms with Gasteiger partial charge in [-0.05, 0) is 18.6 Å². The van der Waals surface area contributed by atoms with Crippen LogP contribution < -0.4 is 4.90 Å². The normalized spacial score (nSPS) is 19.4. The molecule has 0 aliphatic carbocycles. The van der Waals surface area contributed by atoms with Crippen LogP contribution in [0.15, 0.2) is 24.3 Å². The summed E-state index contributed by atoms with van der Waals surface area (Å²) in [6.07, 6.45) is -3.83. The van der Waals surface area contributed by atoms with Crippen LogP contribution in [-0.4, -0.2) is 53.5 Å². The number of benzene rings is 1. The van der Waals surface area contributed by atoms with Gasteiger partial charge in [-0.15, -0.1) is 10.2 Å². The lowest BCUT2D eigenvalue weighted by Crippen LogP contribution is -2.54. The Morgan fingerprint density at radius 3 is 2.64 bits per heavy atom. The molecule has 4 nitrogen and oxygen atoms in total. The van der Waals surface area contributed by atoms with Gasteiger partial charge >= 0.3 is 6.18 Å². The van der Waals surface area contributed by atoms with E-state index in [0.29, 0.717) is 41.8 Å². The van der Waals surface area contributed by atoms with Crippen molar-refractivity contribution in [2.45, 2.75) is 25.6 Å². The van der Waals surface area contributed by atoms with E-state index in [4.69, 9.17) is 0 Å². The molecular formula is C16H18F4N4S. The summed E-state index contributed by atoms with van der Waals surface area (Å²) in [5.74, 6) is -0.284. The van der Waals surface area contributed by atoms with Crippen LogP contribution in [0.1, 0.15) is 17.5 Å². The highest BCUT2D eigenvalue weighted by Gasteiger charge is 2.35. The molecule has 1 aromatic heterocycles. The smallest absolute Gasteiger partial charge is 0.344 e. The molecule has 1 aliphatic rings. The average Bonchev–Trinajstić information content (AvgIpc) is 2.99. The topological polar surface area (TPSA) is 32.3 Å². The summed E-state index contributed by atoms with van der Waals surface area (Å²) in [5.41, 5.74) is 0.550. The van der Waals surface area contributed by atoms with Crippen molar-refractivity contribution in [2.24, 2.45) is 0 Å². The van der Waals surface area contributed by atoms with Crippen LogP contribution in [-0.2, 0) is 6.42 Å². The number of alkyl halides is 3. The van der Waals surface area contributed by atoms with Crippen molar-refractivity contribution in [1.29, 1.82) is 0 Å². The fourth-order valence-corrected chi connectivity index (χ4v) is 3.78. The first kappa shape index (κ1) is 18.1. The van der Waals surface area contributed by atoms with E-state index >= 15 is 0 Å². The van der Waals surface area contributed by atoms with Crippen molar-refractivity contribution in [1.82, 2.24) is 15.1 Å². The van der Waals surface area contributed by atoms with E-state index < -0.39 is 12.7 Å². The van der Waals surface area contributed by atoms with Crippen LogP contribution in [0.5, 0.6) is 0 Å². The Kier molecular flexibility index (Phi) is 5.24. The second-order valence-electron chi connectivity index (χ2n) is 6.13. The van der Waals surface area contributed by atoms with Gasteiger partial charge in [0.05, 0.1) is 6.54 Å². The van der Waals surface area contributed by atoms with Crippen molar-refractivity contribution in [3.8, 4) is 0 Å². The third-order valence-corrected chi connectivity index (χ3v) is 5.16. The molecule has 1 fully saturated rings. The first-order valence-electron chi connectivity index (χ1n) is 7.93. The van der Waals surface area contributed by atoms with Gasteiger partial charge in [-0.1, -0.05) is 29.5 Å². The highest BCUT2D eigenvalue weighted by molar-refractivity contribution is 7.15. The number of hydrogen-bond acceptors (Lipinski definition) is 5. The molecule has 9 heteroatoms. The molecule has 0 saturated carbocycles. The van der Waals surface area contributed by atoms with Crippen LogP contribution in [0.25, 0.3) is 0 Å². The van der Waals surface area contributed by atoms with E-state index in [9.17, 15) is 17.6 Å². The number of aromatic nitrogens is 2. The van der Waals surface area contributed by atoms with Gasteiger partial charge < -0.3 is 4.90 Å². The summed E-state index contributed by atoms with van der Waals surface area (Å²) < 4.78 is 51.4. The van der Waals surface area contributed by atoms with Crippen molar-refractivity contribution in [3.63, 3.8) is 0 Å². The van der Waals surface area contributed by atoms with E-state index in [1.54, 1.807) is 25.1 Å². The molecule has 25 heavy (non-hydrogen) atoms. The lowest BCUT2D eigenvalue weighted by Gasteiger charge is -2.39. The van der Waals surface area contributed by atoms with Crippen molar-refractivity contribution in [2.75, 3.05) is 31.1 Å². The number of hydrogen-bond donors (Lipinski definition) is 0. The van der Waals surface area contributed by atoms with Gasteiger partial charge in [0, 0.05) is 32.1 Å². The Morgan fingerprint density at radius 1 is 1.20 bits per heavy atom. The van der Waals surface area contributed by atoms with Crippen LogP contribution in [0.4, 0.5) is 22.7 Å². The van der Waals surface area contributed by atoms with Gasteiger partial charge in [0.2, 0.25) is 5.13 Å². The van der Waals surface area contributed by atoms with Crippen LogP contribution >= 0.6 is 11.3 Å². The van der Waals surface area contributed by atoms with E-state index in [2.05, 4.69) is 10.2 Å². The maximum Gasteiger partial charge on any atom is 0.401 e. The average molecular weight is 374 g/mol. The van der Waals surface area contributed by atoms with Crippen LogP contribution in [0.3, 0.4) is 0 Å². The molecule has 136 valence electrons. The highest BCUT2D eigenvalue weighted by Crippen LogP contribution is 2.27. The molecule has 0 N–H and O–H groups in total. The van der Waals surface area contributed by atoms with Crippen LogP contribution in [0, 0.1) is 5.82 Å². The Labute approximate surface area is 147 Å². The second kappa shape index (κ2) is 7.25. The van der Waals surface area contributed by atoms with Gasteiger partial charge in [-0.25, -0.2) is 4.39 Å². The summed E-state index contributed by atoms with van der Waals surface area (Å²) in [6.45, 7) is 2.14. The first-order chi connectivity index (χ1) is 11.8. The summed E-state index contributed by atoms with van der Waals surface area (Å²) in [6, 6.07) is 6.27. The van der Waals surface area contributed by atoms with Crippen LogP contribution in [0.2, 0.25) is 0 Å². The fourth-order valence-electron chi connectivity index (χ4n) is 2.88. The molecule has 0 amide bonds. The molecule has 1 aromatic carbocycles. The molecule has 1 saturated heterocycles. The van der Waals surface area contributed by atoms with Gasteiger partial charge in [0.1, 0.15) is 10.8 Å². The second-order valence-corrected chi connectivity index (χ2v) is 7.17. The molecular weight excluding hydrogens is 356 g/mol. The molecule has 3 rings (SSSR count). The quantitative estimate of drug-likeness (QED) is 0.769. The molecule has 0 radical (unpaired) electrons. The lowest BCUT2D eigenvalue weighted by molar-refractivity contribution is -0.150. The molecule has 1 unspecified atom stereocenters. The van der Waals surface area contributed by atoms with E-state index in [1.807, 2.05) is 4.90 Å². The lowest BCUT2D eigenvalue weighted by atomic mass is 10.1. The molecule has 1 atom stereocenters. The van der Waals surface area contributed by atoms with Crippen molar-refractivity contribution in [3.05, 3.63) is 40.7 Å². The number of nitrogens with zero attached hydrogens (tertiary/aromatic N) is 4. The monoisotopic (exact) mass is 374 g/mol. The Bertz CT molecular complexity index is 718. The summed E-state index contributed by atoms with van der Waals surface area (Å²) in [5, 5.41) is 9.59. The molecule has 2 aromatic rings.